The second-order valence-corrected chi connectivity index (χ2v) is 5.30. The molecule has 0 atom stereocenters. The van der Waals surface area contributed by atoms with Crippen molar-refractivity contribution in [3.63, 3.8) is 0 Å². The topological polar surface area (TPSA) is 43.4 Å². The van der Waals surface area contributed by atoms with Crippen molar-refractivity contribution in [1.82, 2.24) is 0 Å². The van der Waals surface area contributed by atoms with Gasteiger partial charge in [0.1, 0.15) is 10.7 Å². The van der Waals surface area contributed by atoms with Crippen LogP contribution in [0.2, 0.25) is 0 Å². The Kier molecular flexibility index (Phi) is 6.54. The van der Waals surface area contributed by atoms with Crippen LogP contribution in [0.1, 0.15) is 0 Å². The molecule has 3 nitrogen and oxygen atoms in total. The van der Waals surface area contributed by atoms with Crippen molar-refractivity contribution in [1.29, 1.82) is 0 Å². The first kappa shape index (κ1) is 19.5. The Morgan fingerprint density at radius 3 is 2.05 bits per heavy atom. The number of halogens is 5. The molecule has 2 aromatic rings. The molecule has 113 valence electrons. The molecule has 22 heavy (non-hydrogen) atoms. The number of hydrogen-bond donors (Lipinski definition) is 0. The molecule has 0 N–H and O–H groups in total. The van der Waals surface area contributed by atoms with Crippen LogP contribution in [0, 0.1) is 29.1 Å². The summed E-state index contributed by atoms with van der Waals surface area (Å²) in [5, 5.41) is 0. The number of rotatable bonds is 3. The van der Waals surface area contributed by atoms with Gasteiger partial charge in [0.25, 0.3) is 0 Å². The Morgan fingerprint density at radius 1 is 0.818 bits per heavy atom. The zero-order valence-corrected chi connectivity index (χ0v) is 14.8. The predicted octanol–water partition coefficient (Wildman–Crippen LogP) is 2.77. The summed E-state index contributed by atoms with van der Waals surface area (Å²) in [6.07, 6.45) is 0. The second-order valence-electron chi connectivity index (χ2n) is 3.79. The normalized spacial score (nSPS) is 11.0. The van der Waals surface area contributed by atoms with E-state index in [2.05, 4.69) is 4.18 Å². The zero-order chi connectivity index (χ0) is 15.8. The van der Waals surface area contributed by atoms with Crippen LogP contribution in [-0.4, -0.2) is 59.8 Å². The molecular formula is C12H5F5KO3S. The standard InChI is InChI=1S/C12H5F5O3S.K/c13-6-2-1-3-10(12(6)17)20-21(18,19)11-5-8(15)7(14)4-9(11)16;/h1-5H;. The molecule has 0 fully saturated rings. The SMILES string of the molecule is O=S(=O)(Oc1cccc(F)c1F)c1cc(F)c(F)cc1F.[K]. The minimum absolute atomic E-state index is 0. The molecule has 0 aliphatic rings. The minimum atomic E-state index is -5.01. The van der Waals surface area contributed by atoms with Crippen molar-refractivity contribution in [3.05, 3.63) is 59.4 Å². The summed E-state index contributed by atoms with van der Waals surface area (Å²) in [5.74, 6) is -8.94. The molecule has 0 unspecified atom stereocenters. The molecule has 2 aromatic carbocycles. The van der Waals surface area contributed by atoms with Gasteiger partial charge in [-0.15, -0.1) is 0 Å². The Labute approximate surface area is 164 Å². The van der Waals surface area contributed by atoms with E-state index in [1.165, 1.54) is 0 Å². The first-order valence-corrected chi connectivity index (χ1v) is 6.66. The zero-order valence-electron chi connectivity index (χ0n) is 10.9. The van der Waals surface area contributed by atoms with E-state index >= 15 is 0 Å². The average molecular weight is 363 g/mol. The summed E-state index contributed by atoms with van der Waals surface area (Å²) in [5.41, 5.74) is 0. The quantitative estimate of drug-likeness (QED) is 0.365. The third-order valence-corrected chi connectivity index (χ3v) is 3.61. The van der Waals surface area contributed by atoms with Gasteiger partial charge in [0, 0.05) is 63.5 Å². The maximum absolute atomic E-state index is 13.4. The summed E-state index contributed by atoms with van der Waals surface area (Å²) in [6, 6.07) is 2.45. The molecule has 1 radical (unpaired) electrons. The van der Waals surface area contributed by atoms with E-state index in [9.17, 15) is 30.4 Å². The van der Waals surface area contributed by atoms with Gasteiger partial charge in [0.05, 0.1) is 0 Å². The molecule has 0 saturated carbocycles. The van der Waals surface area contributed by atoms with E-state index in [4.69, 9.17) is 0 Å². The van der Waals surface area contributed by atoms with Crippen LogP contribution < -0.4 is 4.18 Å². The molecule has 0 aliphatic carbocycles. The van der Waals surface area contributed by atoms with Crippen molar-refractivity contribution in [2.24, 2.45) is 0 Å². The van der Waals surface area contributed by atoms with Crippen molar-refractivity contribution >= 4 is 61.5 Å². The van der Waals surface area contributed by atoms with Gasteiger partial charge in [0.2, 0.25) is 5.82 Å². The van der Waals surface area contributed by atoms with Crippen molar-refractivity contribution < 1.29 is 34.6 Å². The second kappa shape index (κ2) is 7.36. The Hall–Kier alpha value is -0.524. The third kappa shape index (κ3) is 4.06. The minimum Gasteiger partial charge on any atom is -0.376 e. The van der Waals surface area contributed by atoms with E-state index in [1.54, 1.807) is 0 Å². The van der Waals surface area contributed by atoms with Gasteiger partial charge in [-0.3, -0.25) is 0 Å². The van der Waals surface area contributed by atoms with Crippen LogP contribution in [-0.2, 0) is 10.1 Å². The molecule has 0 spiro atoms. The van der Waals surface area contributed by atoms with E-state index in [-0.39, 0.29) is 63.5 Å². The van der Waals surface area contributed by atoms with Gasteiger partial charge < -0.3 is 4.18 Å². The van der Waals surface area contributed by atoms with Gasteiger partial charge >= 0.3 is 10.1 Å². The van der Waals surface area contributed by atoms with E-state index < -0.39 is 49.8 Å². The molecule has 0 aliphatic heterocycles. The summed E-state index contributed by atoms with van der Waals surface area (Å²) >= 11 is 0. The van der Waals surface area contributed by atoms with Crippen LogP contribution >= 0.6 is 0 Å². The fourth-order valence-corrected chi connectivity index (χ4v) is 2.41. The smallest absolute Gasteiger partial charge is 0.342 e. The molecule has 0 aromatic heterocycles. The van der Waals surface area contributed by atoms with E-state index in [0.29, 0.717) is 6.07 Å². The summed E-state index contributed by atoms with van der Waals surface area (Å²) in [7, 11) is -5.01. The first-order chi connectivity index (χ1) is 9.72. The van der Waals surface area contributed by atoms with Crippen molar-refractivity contribution in [2.45, 2.75) is 4.90 Å². The van der Waals surface area contributed by atoms with Gasteiger partial charge in [-0.05, 0) is 12.1 Å². The van der Waals surface area contributed by atoms with E-state index in [1.807, 2.05) is 0 Å². The fourth-order valence-electron chi connectivity index (χ4n) is 1.41. The molecule has 0 bridgehead atoms. The van der Waals surface area contributed by atoms with Gasteiger partial charge in [-0.1, -0.05) is 6.07 Å². The predicted molar refractivity (Wildman–Crippen MR) is 66.2 cm³/mol. The van der Waals surface area contributed by atoms with Crippen LogP contribution in [0.25, 0.3) is 0 Å². The number of benzene rings is 2. The molecular weight excluding hydrogens is 358 g/mol. The van der Waals surface area contributed by atoms with Crippen LogP contribution in [0.3, 0.4) is 0 Å². The van der Waals surface area contributed by atoms with Crippen LogP contribution in [0.5, 0.6) is 5.75 Å². The van der Waals surface area contributed by atoms with Gasteiger partial charge in [-0.25, -0.2) is 17.6 Å². The Morgan fingerprint density at radius 2 is 1.41 bits per heavy atom. The Balaban J connectivity index is 0.00000242. The summed E-state index contributed by atoms with van der Waals surface area (Å²) in [4.78, 5) is -1.34. The van der Waals surface area contributed by atoms with Gasteiger partial charge in [-0.2, -0.15) is 12.8 Å². The maximum atomic E-state index is 13.4. The molecule has 2 rings (SSSR count). The van der Waals surface area contributed by atoms with E-state index in [0.717, 1.165) is 12.1 Å². The summed E-state index contributed by atoms with van der Waals surface area (Å²) < 4.78 is 92.9. The fraction of sp³-hybridized carbons (Fsp3) is 0. The third-order valence-electron chi connectivity index (χ3n) is 2.36. The van der Waals surface area contributed by atoms with Crippen LogP contribution in [0.15, 0.2) is 35.2 Å². The van der Waals surface area contributed by atoms with Gasteiger partial charge in [0.15, 0.2) is 23.2 Å². The summed E-state index contributed by atoms with van der Waals surface area (Å²) in [6.45, 7) is 0. The van der Waals surface area contributed by atoms with Crippen molar-refractivity contribution in [2.75, 3.05) is 0 Å². The first-order valence-electron chi connectivity index (χ1n) is 5.25. The molecule has 0 saturated heterocycles. The average Bonchev–Trinajstić information content (AvgIpc) is 2.39. The monoisotopic (exact) mass is 363 g/mol. The molecule has 0 amide bonds. The molecule has 10 heteroatoms. The Bertz CT molecular complexity index is 811. The van der Waals surface area contributed by atoms with Crippen LogP contribution in [0.4, 0.5) is 22.0 Å². The largest absolute Gasteiger partial charge is 0.376 e. The van der Waals surface area contributed by atoms with Crippen molar-refractivity contribution in [3.8, 4) is 5.75 Å². The number of hydrogen-bond acceptors (Lipinski definition) is 3. The maximum Gasteiger partial charge on any atom is 0.342 e. The molecule has 0 heterocycles.